The number of hydrogen-bond donors (Lipinski definition) is 0. The van der Waals surface area contributed by atoms with Crippen LogP contribution < -0.4 is 0 Å². The fraction of sp³-hybridized carbons (Fsp3) is 0.333. The van der Waals surface area contributed by atoms with Crippen molar-refractivity contribution in [3.05, 3.63) is 36.0 Å². The summed E-state index contributed by atoms with van der Waals surface area (Å²) in [6.07, 6.45) is 4.38. The summed E-state index contributed by atoms with van der Waals surface area (Å²) in [6, 6.07) is 0. The highest BCUT2D eigenvalue weighted by atomic mass is 14.2. The van der Waals surface area contributed by atoms with Crippen LogP contribution in [0.2, 0.25) is 0 Å². The molecule has 1 fully saturated rings. The highest BCUT2D eigenvalue weighted by Gasteiger charge is 2.13. The lowest BCUT2D eigenvalue weighted by Gasteiger charge is -1.94. The van der Waals surface area contributed by atoms with E-state index >= 15 is 0 Å². The third-order valence-electron chi connectivity index (χ3n) is 1.86. The predicted molar refractivity (Wildman–Crippen MR) is 41.3 cm³/mol. The summed E-state index contributed by atoms with van der Waals surface area (Å²) in [5, 5.41) is 0. The standard InChI is InChI=1S/C9H12/c1-4-9-6-5-7(2)8(9)3/h4H,2-3,5-6H2,1H3/b9-4-. The van der Waals surface area contributed by atoms with Crippen molar-refractivity contribution >= 4 is 0 Å². The first kappa shape index (κ1) is 6.34. The molecule has 9 heavy (non-hydrogen) atoms. The highest BCUT2D eigenvalue weighted by Crippen LogP contribution is 2.32. The molecule has 0 N–H and O–H groups in total. The van der Waals surface area contributed by atoms with Crippen LogP contribution in [0.15, 0.2) is 36.0 Å². The van der Waals surface area contributed by atoms with Crippen molar-refractivity contribution in [1.29, 1.82) is 0 Å². The zero-order chi connectivity index (χ0) is 6.85. The van der Waals surface area contributed by atoms with Gasteiger partial charge in [0.15, 0.2) is 0 Å². The molecule has 0 atom stereocenters. The largest absolute Gasteiger partial charge is 0.0952 e. The molecule has 0 saturated heterocycles. The Morgan fingerprint density at radius 3 is 2.22 bits per heavy atom. The van der Waals surface area contributed by atoms with E-state index in [-0.39, 0.29) is 0 Å². The second kappa shape index (κ2) is 2.22. The molecule has 0 nitrogen and oxygen atoms in total. The summed E-state index contributed by atoms with van der Waals surface area (Å²) < 4.78 is 0. The molecule has 0 heterocycles. The first-order valence-corrected chi connectivity index (χ1v) is 3.28. The molecule has 1 saturated carbocycles. The molecule has 0 amide bonds. The first-order chi connectivity index (χ1) is 4.25. The fourth-order valence-electron chi connectivity index (χ4n) is 1.13. The maximum atomic E-state index is 3.92. The van der Waals surface area contributed by atoms with E-state index in [2.05, 4.69) is 26.2 Å². The zero-order valence-corrected chi connectivity index (χ0v) is 5.91. The summed E-state index contributed by atoms with van der Waals surface area (Å²) in [6.45, 7) is 9.87. The molecule has 0 aliphatic heterocycles. The summed E-state index contributed by atoms with van der Waals surface area (Å²) in [5.74, 6) is 0. The van der Waals surface area contributed by atoms with Gasteiger partial charge in [-0.25, -0.2) is 0 Å². The van der Waals surface area contributed by atoms with Crippen molar-refractivity contribution in [2.45, 2.75) is 19.8 Å². The first-order valence-electron chi connectivity index (χ1n) is 3.28. The second-order valence-corrected chi connectivity index (χ2v) is 2.40. The Morgan fingerprint density at radius 2 is 2.00 bits per heavy atom. The average molecular weight is 120 g/mol. The van der Waals surface area contributed by atoms with Gasteiger partial charge in [-0.15, -0.1) is 0 Å². The van der Waals surface area contributed by atoms with Crippen molar-refractivity contribution in [2.75, 3.05) is 0 Å². The van der Waals surface area contributed by atoms with E-state index in [1.807, 2.05) is 0 Å². The average Bonchev–Trinajstić information content (AvgIpc) is 2.15. The van der Waals surface area contributed by atoms with Crippen LogP contribution in [0.5, 0.6) is 0 Å². The highest BCUT2D eigenvalue weighted by molar-refractivity contribution is 5.48. The van der Waals surface area contributed by atoms with Gasteiger partial charge in [-0.2, -0.15) is 0 Å². The van der Waals surface area contributed by atoms with Crippen LogP contribution in [-0.4, -0.2) is 0 Å². The zero-order valence-electron chi connectivity index (χ0n) is 5.91. The van der Waals surface area contributed by atoms with Crippen LogP contribution >= 0.6 is 0 Å². The van der Waals surface area contributed by atoms with Crippen molar-refractivity contribution in [3.63, 3.8) is 0 Å². The molecule has 0 spiro atoms. The second-order valence-electron chi connectivity index (χ2n) is 2.40. The Balaban J connectivity index is 2.86. The van der Waals surface area contributed by atoms with Crippen LogP contribution in [0.4, 0.5) is 0 Å². The maximum absolute atomic E-state index is 3.92. The third kappa shape index (κ3) is 0.973. The smallest absolute Gasteiger partial charge is 0.0236 e. The molecule has 0 bridgehead atoms. The summed E-state index contributed by atoms with van der Waals surface area (Å²) in [5.41, 5.74) is 3.75. The SMILES string of the molecule is C=C1CC/C(=C/C)C1=C. The maximum Gasteiger partial charge on any atom is -0.0236 e. The molecule has 1 aliphatic carbocycles. The van der Waals surface area contributed by atoms with Crippen molar-refractivity contribution in [2.24, 2.45) is 0 Å². The van der Waals surface area contributed by atoms with Gasteiger partial charge >= 0.3 is 0 Å². The summed E-state index contributed by atoms with van der Waals surface area (Å²) >= 11 is 0. The number of allylic oxidation sites excluding steroid dienone is 4. The lowest BCUT2D eigenvalue weighted by Crippen LogP contribution is -1.74. The lowest BCUT2D eigenvalue weighted by molar-refractivity contribution is 1.05. The molecular weight excluding hydrogens is 108 g/mol. The van der Waals surface area contributed by atoms with Gasteiger partial charge in [-0.05, 0) is 36.5 Å². The summed E-state index contributed by atoms with van der Waals surface area (Å²) in [7, 11) is 0. The molecular formula is C9H12. The Morgan fingerprint density at radius 1 is 1.33 bits per heavy atom. The topological polar surface area (TPSA) is 0 Å². The van der Waals surface area contributed by atoms with Crippen molar-refractivity contribution < 1.29 is 0 Å². The van der Waals surface area contributed by atoms with E-state index in [1.54, 1.807) is 0 Å². The summed E-state index contributed by atoms with van der Waals surface area (Å²) in [4.78, 5) is 0. The van der Waals surface area contributed by atoms with Crippen LogP contribution in [0.1, 0.15) is 19.8 Å². The van der Waals surface area contributed by atoms with Crippen LogP contribution in [0.3, 0.4) is 0 Å². The molecule has 1 aliphatic rings. The van der Waals surface area contributed by atoms with Gasteiger partial charge in [-0.3, -0.25) is 0 Å². The molecule has 0 heteroatoms. The van der Waals surface area contributed by atoms with Crippen molar-refractivity contribution in [3.8, 4) is 0 Å². The fourth-order valence-corrected chi connectivity index (χ4v) is 1.13. The minimum absolute atomic E-state index is 1.11. The Labute approximate surface area is 56.6 Å². The molecule has 0 radical (unpaired) electrons. The molecule has 0 aromatic carbocycles. The molecule has 1 rings (SSSR count). The quantitative estimate of drug-likeness (QED) is 0.461. The lowest BCUT2D eigenvalue weighted by atomic mass is 10.1. The van der Waals surface area contributed by atoms with Crippen LogP contribution in [0, 0.1) is 0 Å². The van der Waals surface area contributed by atoms with Gasteiger partial charge in [0.25, 0.3) is 0 Å². The van der Waals surface area contributed by atoms with Gasteiger partial charge < -0.3 is 0 Å². The third-order valence-corrected chi connectivity index (χ3v) is 1.86. The molecule has 48 valence electrons. The van der Waals surface area contributed by atoms with Crippen LogP contribution in [-0.2, 0) is 0 Å². The Bertz CT molecular complexity index is 182. The predicted octanol–water partition coefficient (Wildman–Crippen LogP) is 2.84. The van der Waals surface area contributed by atoms with Gasteiger partial charge in [-0.1, -0.05) is 19.2 Å². The van der Waals surface area contributed by atoms with Gasteiger partial charge in [0.2, 0.25) is 0 Å². The monoisotopic (exact) mass is 120 g/mol. The van der Waals surface area contributed by atoms with Crippen molar-refractivity contribution in [1.82, 2.24) is 0 Å². The van der Waals surface area contributed by atoms with E-state index in [0.29, 0.717) is 0 Å². The number of rotatable bonds is 0. The van der Waals surface area contributed by atoms with Gasteiger partial charge in [0.1, 0.15) is 0 Å². The Hall–Kier alpha value is -0.780. The minimum Gasteiger partial charge on any atom is -0.0952 e. The number of hydrogen-bond acceptors (Lipinski definition) is 0. The van der Waals surface area contributed by atoms with Gasteiger partial charge in [0.05, 0.1) is 0 Å². The Kier molecular flexibility index (Phi) is 1.56. The van der Waals surface area contributed by atoms with E-state index in [9.17, 15) is 0 Å². The van der Waals surface area contributed by atoms with E-state index < -0.39 is 0 Å². The van der Waals surface area contributed by atoms with E-state index in [1.165, 1.54) is 11.1 Å². The minimum atomic E-state index is 1.11. The van der Waals surface area contributed by atoms with Gasteiger partial charge in [0, 0.05) is 0 Å². The van der Waals surface area contributed by atoms with E-state index in [4.69, 9.17) is 0 Å². The molecule has 0 aromatic rings. The van der Waals surface area contributed by atoms with Crippen LogP contribution in [0.25, 0.3) is 0 Å². The van der Waals surface area contributed by atoms with E-state index in [0.717, 1.165) is 18.4 Å². The normalized spacial score (nSPS) is 23.9. The molecule has 0 unspecified atom stereocenters. The molecule has 0 aromatic heterocycles.